The topological polar surface area (TPSA) is 78.9 Å². The molecule has 0 heterocycles. The molecule has 0 aromatic rings. The molecular weight excluding hydrogens is 925 g/mol. The number of unbranched alkanes of at least 4 members (excludes halogenated alkanes) is 42. The standard InChI is InChI=1S/C69H126O6/c1-4-7-10-13-16-19-21-23-25-27-29-31-32-33-34-35-36-37-38-39-41-42-44-46-48-50-53-56-59-62-68(71)74-65-66(64-73-67(70)61-58-55-52-18-15-12-9-6-3)75-69(72)63-60-57-54-51-49-47-45-43-40-30-28-26-24-22-20-17-14-11-8-5-2/h7,10,16,19,23,25,29,31,66H,4-6,8-9,11-15,17-18,20-22,24,26-28,30,32-65H2,1-3H3/b10-7-,19-16-,25-23-,31-29-. The molecule has 0 radical (unpaired) electrons. The summed E-state index contributed by atoms with van der Waals surface area (Å²) >= 11 is 0. The van der Waals surface area contributed by atoms with Crippen molar-refractivity contribution in [1.82, 2.24) is 0 Å². The van der Waals surface area contributed by atoms with E-state index in [9.17, 15) is 14.4 Å². The van der Waals surface area contributed by atoms with E-state index in [4.69, 9.17) is 14.2 Å². The predicted molar refractivity (Wildman–Crippen MR) is 325 cm³/mol. The molecule has 0 saturated carbocycles. The van der Waals surface area contributed by atoms with Crippen molar-refractivity contribution in [1.29, 1.82) is 0 Å². The van der Waals surface area contributed by atoms with Gasteiger partial charge < -0.3 is 14.2 Å². The van der Waals surface area contributed by atoms with Gasteiger partial charge in [-0.2, -0.15) is 0 Å². The molecule has 0 rings (SSSR count). The second-order valence-electron chi connectivity index (χ2n) is 22.4. The van der Waals surface area contributed by atoms with E-state index in [1.54, 1.807) is 0 Å². The zero-order valence-corrected chi connectivity index (χ0v) is 50.3. The second-order valence-corrected chi connectivity index (χ2v) is 22.4. The van der Waals surface area contributed by atoms with Crippen molar-refractivity contribution < 1.29 is 28.6 Å². The average molecular weight is 1050 g/mol. The third-order valence-electron chi connectivity index (χ3n) is 14.8. The van der Waals surface area contributed by atoms with Crippen LogP contribution in [0, 0.1) is 0 Å². The third kappa shape index (κ3) is 62.1. The summed E-state index contributed by atoms with van der Waals surface area (Å²) in [4.78, 5) is 38.2. The van der Waals surface area contributed by atoms with Crippen molar-refractivity contribution in [2.24, 2.45) is 0 Å². The lowest BCUT2D eigenvalue weighted by Crippen LogP contribution is -2.30. The van der Waals surface area contributed by atoms with E-state index in [1.807, 2.05) is 0 Å². The quantitative estimate of drug-likeness (QED) is 0.0261. The fourth-order valence-electron chi connectivity index (χ4n) is 9.91. The summed E-state index contributed by atoms with van der Waals surface area (Å²) in [5.41, 5.74) is 0. The first-order valence-electron chi connectivity index (χ1n) is 33.1. The number of hydrogen-bond donors (Lipinski definition) is 0. The van der Waals surface area contributed by atoms with Crippen LogP contribution in [0.15, 0.2) is 48.6 Å². The SMILES string of the molecule is CC/C=C\C/C=C\C/C=C\C/C=C\CCCCCCCCCCCCCCCCCCC(=O)OCC(COC(=O)CCCCCCCCCC)OC(=O)CCCCCCCCCCCCCCCCCCCCCC. The number of allylic oxidation sites excluding steroid dienone is 8. The average Bonchev–Trinajstić information content (AvgIpc) is 3.41. The van der Waals surface area contributed by atoms with Crippen LogP contribution in [0.5, 0.6) is 0 Å². The van der Waals surface area contributed by atoms with Crippen molar-refractivity contribution >= 4 is 17.9 Å². The Balaban J connectivity index is 4.07. The summed E-state index contributed by atoms with van der Waals surface area (Å²) in [6.45, 7) is 6.56. The molecule has 0 amide bonds. The number of rotatable bonds is 61. The van der Waals surface area contributed by atoms with Gasteiger partial charge in [0.2, 0.25) is 0 Å². The van der Waals surface area contributed by atoms with E-state index in [0.29, 0.717) is 19.3 Å². The van der Waals surface area contributed by atoms with Gasteiger partial charge in [-0.15, -0.1) is 0 Å². The number of carbonyl (C=O) groups excluding carboxylic acids is 3. The lowest BCUT2D eigenvalue weighted by molar-refractivity contribution is -0.167. The van der Waals surface area contributed by atoms with E-state index in [2.05, 4.69) is 69.4 Å². The molecule has 0 aliphatic rings. The van der Waals surface area contributed by atoms with Gasteiger partial charge in [-0.25, -0.2) is 0 Å². The van der Waals surface area contributed by atoms with E-state index < -0.39 is 6.10 Å². The molecule has 0 N–H and O–H groups in total. The van der Waals surface area contributed by atoms with Crippen molar-refractivity contribution in [3.8, 4) is 0 Å². The zero-order chi connectivity index (χ0) is 54.3. The maximum absolute atomic E-state index is 12.9. The van der Waals surface area contributed by atoms with Crippen LogP contribution in [-0.4, -0.2) is 37.2 Å². The Kier molecular flexibility index (Phi) is 61.7. The van der Waals surface area contributed by atoms with Gasteiger partial charge in [0.25, 0.3) is 0 Å². The van der Waals surface area contributed by atoms with Gasteiger partial charge in [-0.05, 0) is 57.8 Å². The Labute approximate surface area is 467 Å². The highest BCUT2D eigenvalue weighted by Gasteiger charge is 2.19. The van der Waals surface area contributed by atoms with E-state index >= 15 is 0 Å². The Morgan fingerprint density at radius 3 is 0.813 bits per heavy atom. The number of hydrogen-bond acceptors (Lipinski definition) is 6. The first-order chi connectivity index (χ1) is 37.0. The minimum atomic E-state index is -0.767. The Hall–Kier alpha value is -2.63. The Morgan fingerprint density at radius 1 is 0.280 bits per heavy atom. The molecule has 75 heavy (non-hydrogen) atoms. The molecule has 0 saturated heterocycles. The van der Waals surface area contributed by atoms with Gasteiger partial charge >= 0.3 is 17.9 Å². The predicted octanol–water partition coefficient (Wildman–Crippen LogP) is 22.6. The fourth-order valence-corrected chi connectivity index (χ4v) is 9.91. The maximum atomic E-state index is 12.9. The van der Waals surface area contributed by atoms with Crippen LogP contribution < -0.4 is 0 Å². The lowest BCUT2D eigenvalue weighted by Gasteiger charge is -2.18. The van der Waals surface area contributed by atoms with Crippen molar-refractivity contribution in [3.05, 3.63) is 48.6 Å². The summed E-state index contributed by atoms with van der Waals surface area (Å²) in [5, 5.41) is 0. The Morgan fingerprint density at radius 2 is 0.520 bits per heavy atom. The molecule has 0 spiro atoms. The van der Waals surface area contributed by atoms with Crippen LogP contribution in [0.25, 0.3) is 0 Å². The molecule has 1 atom stereocenters. The number of ether oxygens (including phenoxy) is 3. The maximum Gasteiger partial charge on any atom is 0.306 e. The largest absolute Gasteiger partial charge is 0.462 e. The van der Waals surface area contributed by atoms with E-state index in [1.165, 1.54) is 231 Å². The molecule has 438 valence electrons. The molecular formula is C69H126O6. The molecule has 0 aliphatic heterocycles. The first kappa shape index (κ1) is 72.4. The fraction of sp³-hybridized carbons (Fsp3) is 0.841. The molecule has 0 aromatic carbocycles. The summed E-state index contributed by atoms with van der Waals surface area (Å²) in [6, 6.07) is 0. The third-order valence-corrected chi connectivity index (χ3v) is 14.8. The molecule has 6 heteroatoms. The van der Waals surface area contributed by atoms with Crippen LogP contribution in [-0.2, 0) is 28.6 Å². The van der Waals surface area contributed by atoms with Crippen LogP contribution in [0.1, 0.15) is 355 Å². The summed E-state index contributed by atoms with van der Waals surface area (Å²) in [7, 11) is 0. The molecule has 0 aliphatic carbocycles. The van der Waals surface area contributed by atoms with Crippen LogP contribution in [0.3, 0.4) is 0 Å². The van der Waals surface area contributed by atoms with Gasteiger partial charge in [0.15, 0.2) is 6.10 Å². The summed E-state index contributed by atoms with van der Waals surface area (Å²) in [5.74, 6) is -0.847. The van der Waals surface area contributed by atoms with Crippen molar-refractivity contribution in [2.75, 3.05) is 13.2 Å². The van der Waals surface area contributed by atoms with Crippen molar-refractivity contribution in [2.45, 2.75) is 361 Å². The van der Waals surface area contributed by atoms with Gasteiger partial charge in [0.1, 0.15) is 13.2 Å². The highest BCUT2D eigenvalue weighted by atomic mass is 16.6. The highest BCUT2D eigenvalue weighted by molar-refractivity contribution is 5.71. The summed E-state index contributed by atoms with van der Waals surface area (Å²) in [6.07, 6.45) is 80.1. The molecule has 0 bridgehead atoms. The Bertz CT molecular complexity index is 1300. The van der Waals surface area contributed by atoms with Gasteiger partial charge in [-0.3, -0.25) is 14.4 Å². The second kappa shape index (κ2) is 63.9. The van der Waals surface area contributed by atoms with Crippen molar-refractivity contribution in [3.63, 3.8) is 0 Å². The molecule has 6 nitrogen and oxygen atoms in total. The van der Waals surface area contributed by atoms with Gasteiger partial charge in [-0.1, -0.05) is 326 Å². The number of esters is 3. The van der Waals surface area contributed by atoms with Crippen LogP contribution in [0.4, 0.5) is 0 Å². The monoisotopic (exact) mass is 1050 g/mol. The van der Waals surface area contributed by atoms with E-state index in [-0.39, 0.29) is 31.1 Å². The van der Waals surface area contributed by atoms with Gasteiger partial charge in [0, 0.05) is 19.3 Å². The summed E-state index contributed by atoms with van der Waals surface area (Å²) < 4.78 is 16.9. The smallest absolute Gasteiger partial charge is 0.306 e. The zero-order valence-electron chi connectivity index (χ0n) is 50.3. The molecule has 1 unspecified atom stereocenters. The van der Waals surface area contributed by atoms with Crippen LogP contribution in [0.2, 0.25) is 0 Å². The minimum absolute atomic E-state index is 0.0667. The normalized spacial score (nSPS) is 12.3. The number of carbonyl (C=O) groups is 3. The lowest BCUT2D eigenvalue weighted by atomic mass is 10.0. The van der Waals surface area contributed by atoms with E-state index in [0.717, 1.165) is 83.5 Å². The van der Waals surface area contributed by atoms with Gasteiger partial charge in [0.05, 0.1) is 0 Å². The van der Waals surface area contributed by atoms with Crippen LogP contribution >= 0.6 is 0 Å². The minimum Gasteiger partial charge on any atom is -0.462 e. The molecule has 0 aromatic heterocycles. The molecule has 0 fully saturated rings. The first-order valence-corrected chi connectivity index (χ1v) is 33.1. The highest BCUT2D eigenvalue weighted by Crippen LogP contribution is 2.18.